The molecule has 2 aliphatic rings. The summed E-state index contributed by atoms with van der Waals surface area (Å²) >= 11 is 1.61. The number of β-lactam (4-membered cyclic amide) rings is 1. The van der Waals surface area contributed by atoms with Gasteiger partial charge in [0, 0.05) is 12.7 Å². The first kappa shape index (κ1) is 15.9. The predicted octanol–water partition coefficient (Wildman–Crippen LogP) is 1.65. The van der Waals surface area contributed by atoms with Crippen LogP contribution < -0.4 is 0 Å². The lowest BCUT2D eigenvalue weighted by atomic mass is 9.97. The van der Waals surface area contributed by atoms with E-state index in [9.17, 15) is 14.4 Å². The summed E-state index contributed by atoms with van der Waals surface area (Å²) in [5.74, 6) is -0.513. The number of carbonyl (C=O) groups is 3. The number of rotatable bonds is 3. The number of carbonyl (C=O) groups excluding carboxylic acids is 3. The summed E-state index contributed by atoms with van der Waals surface area (Å²) in [6.45, 7) is 6.63. The van der Waals surface area contributed by atoms with E-state index in [4.69, 9.17) is 9.47 Å². The number of thioether (sulfide) groups is 1. The Balaban J connectivity index is 1.94. The van der Waals surface area contributed by atoms with Crippen LogP contribution in [0, 0.1) is 5.41 Å². The second-order valence-electron chi connectivity index (χ2n) is 5.97. The van der Waals surface area contributed by atoms with Crippen molar-refractivity contribution in [1.29, 1.82) is 0 Å². The Labute approximate surface area is 127 Å². The normalized spacial score (nSPS) is 22.7. The molecule has 1 saturated heterocycles. The molecule has 2 rings (SSSR count). The van der Waals surface area contributed by atoms with Crippen molar-refractivity contribution in [1.82, 2.24) is 4.90 Å². The van der Waals surface area contributed by atoms with Crippen LogP contribution in [0.15, 0.2) is 11.8 Å². The van der Waals surface area contributed by atoms with E-state index in [2.05, 4.69) is 0 Å². The number of amides is 1. The van der Waals surface area contributed by atoms with Crippen LogP contribution in [-0.2, 0) is 23.9 Å². The maximum atomic E-state index is 12.1. The van der Waals surface area contributed by atoms with E-state index < -0.39 is 23.6 Å². The molecule has 21 heavy (non-hydrogen) atoms. The highest BCUT2D eigenvalue weighted by Gasteiger charge is 2.43. The average Bonchev–Trinajstić information content (AvgIpc) is 2.35. The Morgan fingerprint density at radius 1 is 1.38 bits per heavy atom. The van der Waals surface area contributed by atoms with Gasteiger partial charge in [-0.15, -0.1) is 11.8 Å². The standard InChI is InChI=1S/C14H19NO5S/c1-8(20-13(18)14(2,3)4)19-12(17)9-5-6-21-11-7-10(16)15(9)11/h5,8,11H,6-7H2,1-4H3. The first-order chi connectivity index (χ1) is 9.70. The second kappa shape index (κ2) is 5.71. The molecule has 2 aliphatic heterocycles. The van der Waals surface area contributed by atoms with Gasteiger partial charge in [0.1, 0.15) is 5.70 Å². The van der Waals surface area contributed by atoms with Crippen molar-refractivity contribution >= 4 is 29.6 Å². The van der Waals surface area contributed by atoms with E-state index in [-0.39, 0.29) is 17.0 Å². The molecule has 6 nitrogen and oxygen atoms in total. The summed E-state index contributed by atoms with van der Waals surface area (Å²) in [7, 11) is 0. The monoisotopic (exact) mass is 313 g/mol. The summed E-state index contributed by atoms with van der Waals surface area (Å²) in [5.41, 5.74) is -0.423. The third-order valence-corrected chi connectivity index (χ3v) is 4.22. The maximum Gasteiger partial charge on any atom is 0.357 e. The van der Waals surface area contributed by atoms with Crippen LogP contribution in [0.2, 0.25) is 0 Å². The summed E-state index contributed by atoms with van der Waals surface area (Å²) in [5, 5.41) is 0.0254. The lowest BCUT2D eigenvalue weighted by molar-refractivity contribution is -0.189. The van der Waals surface area contributed by atoms with Gasteiger partial charge in [-0.25, -0.2) is 4.79 Å². The smallest absolute Gasteiger partial charge is 0.357 e. The number of hydrogen-bond donors (Lipinski definition) is 0. The summed E-state index contributed by atoms with van der Waals surface area (Å²) < 4.78 is 10.2. The van der Waals surface area contributed by atoms with Crippen LogP contribution in [0.4, 0.5) is 0 Å². The molecule has 2 heterocycles. The van der Waals surface area contributed by atoms with Gasteiger partial charge in [-0.05, 0) is 26.8 Å². The lowest BCUT2D eigenvalue weighted by Gasteiger charge is -2.42. The highest BCUT2D eigenvalue weighted by atomic mass is 32.2. The Hall–Kier alpha value is -1.50. The Morgan fingerprint density at radius 3 is 2.62 bits per heavy atom. The molecule has 0 N–H and O–H groups in total. The molecule has 2 unspecified atom stereocenters. The van der Waals surface area contributed by atoms with Crippen LogP contribution in [-0.4, -0.2) is 40.2 Å². The van der Waals surface area contributed by atoms with E-state index in [0.717, 1.165) is 0 Å². The number of nitrogens with zero attached hydrogens (tertiary/aromatic N) is 1. The molecule has 0 bridgehead atoms. The van der Waals surface area contributed by atoms with Gasteiger partial charge in [0.15, 0.2) is 0 Å². The molecular formula is C14H19NO5S. The first-order valence-corrected chi connectivity index (χ1v) is 7.81. The molecule has 116 valence electrons. The fourth-order valence-electron chi connectivity index (χ4n) is 1.89. The van der Waals surface area contributed by atoms with Gasteiger partial charge in [-0.3, -0.25) is 14.5 Å². The number of esters is 2. The summed E-state index contributed by atoms with van der Waals surface area (Å²) in [6, 6.07) is 0. The second-order valence-corrected chi connectivity index (χ2v) is 7.18. The van der Waals surface area contributed by atoms with E-state index in [1.54, 1.807) is 38.6 Å². The zero-order valence-electron chi connectivity index (χ0n) is 12.5. The molecule has 0 aromatic heterocycles. The van der Waals surface area contributed by atoms with E-state index in [0.29, 0.717) is 12.2 Å². The van der Waals surface area contributed by atoms with Crippen molar-refractivity contribution < 1.29 is 23.9 Å². The first-order valence-electron chi connectivity index (χ1n) is 6.76. The molecule has 1 amide bonds. The van der Waals surface area contributed by atoms with Crippen LogP contribution in [0.1, 0.15) is 34.1 Å². The molecule has 7 heteroatoms. The minimum absolute atomic E-state index is 0.0254. The Bertz CT molecular complexity index is 508. The summed E-state index contributed by atoms with van der Waals surface area (Å²) in [4.78, 5) is 36.8. The van der Waals surface area contributed by atoms with Gasteiger partial charge in [0.2, 0.25) is 12.2 Å². The molecule has 0 aliphatic carbocycles. The topological polar surface area (TPSA) is 72.9 Å². The van der Waals surface area contributed by atoms with Crippen molar-refractivity contribution in [2.24, 2.45) is 5.41 Å². The van der Waals surface area contributed by atoms with Crippen LogP contribution in [0.25, 0.3) is 0 Å². The largest absolute Gasteiger partial charge is 0.425 e. The Kier molecular flexibility index (Phi) is 4.32. The van der Waals surface area contributed by atoms with Crippen molar-refractivity contribution in [3.8, 4) is 0 Å². The molecule has 1 fully saturated rings. The minimum atomic E-state index is -0.991. The van der Waals surface area contributed by atoms with E-state index in [1.807, 2.05) is 0 Å². The van der Waals surface area contributed by atoms with Crippen LogP contribution in [0.5, 0.6) is 0 Å². The van der Waals surface area contributed by atoms with Gasteiger partial charge >= 0.3 is 11.9 Å². The van der Waals surface area contributed by atoms with E-state index >= 15 is 0 Å². The van der Waals surface area contributed by atoms with Gasteiger partial charge in [0.25, 0.3) is 0 Å². The molecule has 2 atom stereocenters. The number of ether oxygens (including phenoxy) is 2. The number of hydrogen-bond acceptors (Lipinski definition) is 6. The summed E-state index contributed by atoms with van der Waals surface area (Å²) in [6.07, 6.45) is 1.12. The van der Waals surface area contributed by atoms with Crippen LogP contribution >= 0.6 is 11.8 Å². The van der Waals surface area contributed by atoms with Crippen molar-refractivity contribution in [2.75, 3.05) is 5.75 Å². The third-order valence-electron chi connectivity index (χ3n) is 3.10. The zero-order valence-corrected chi connectivity index (χ0v) is 13.4. The molecule has 0 aromatic carbocycles. The lowest BCUT2D eigenvalue weighted by Crippen LogP contribution is -2.53. The van der Waals surface area contributed by atoms with Crippen LogP contribution in [0.3, 0.4) is 0 Å². The maximum absolute atomic E-state index is 12.1. The van der Waals surface area contributed by atoms with E-state index in [1.165, 1.54) is 11.8 Å². The molecule has 0 saturated carbocycles. The third kappa shape index (κ3) is 3.40. The zero-order chi connectivity index (χ0) is 15.8. The molecule has 0 radical (unpaired) electrons. The van der Waals surface area contributed by atoms with Gasteiger partial charge in [0.05, 0.1) is 17.2 Å². The Morgan fingerprint density at radius 2 is 2.05 bits per heavy atom. The molecular weight excluding hydrogens is 294 g/mol. The van der Waals surface area contributed by atoms with Gasteiger partial charge in [-0.2, -0.15) is 0 Å². The quantitative estimate of drug-likeness (QED) is 0.448. The fraction of sp³-hybridized carbons (Fsp3) is 0.643. The van der Waals surface area contributed by atoms with Crippen molar-refractivity contribution in [3.05, 3.63) is 11.8 Å². The highest BCUT2D eigenvalue weighted by molar-refractivity contribution is 8.00. The van der Waals surface area contributed by atoms with Gasteiger partial charge < -0.3 is 9.47 Å². The SMILES string of the molecule is CC(OC(=O)C1=CCSC2CC(=O)N12)OC(=O)C(C)(C)C. The van der Waals surface area contributed by atoms with Crippen molar-refractivity contribution in [3.63, 3.8) is 0 Å². The van der Waals surface area contributed by atoms with Crippen molar-refractivity contribution in [2.45, 2.75) is 45.8 Å². The fourth-order valence-corrected chi connectivity index (χ4v) is 3.01. The predicted molar refractivity (Wildman–Crippen MR) is 76.9 cm³/mol. The average molecular weight is 313 g/mol. The molecule has 0 spiro atoms. The number of fused-ring (bicyclic) bond motifs is 1. The minimum Gasteiger partial charge on any atom is -0.425 e. The van der Waals surface area contributed by atoms with Gasteiger partial charge in [-0.1, -0.05) is 0 Å². The molecule has 0 aromatic rings. The highest BCUT2D eigenvalue weighted by Crippen LogP contribution is 2.37.